The molecule has 3 aromatic rings. The Balaban J connectivity index is 1.66. The summed E-state index contributed by atoms with van der Waals surface area (Å²) in [7, 11) is 0. The second-order valence-electron chi connectivity index (χ2n) is 9.86. The number of carbonyl (C=O) groups is 3. The first-order valence-electron chi connectivity index (χ1n) is 14.1. The molecule has 226 valence electrons. The van der Waals surface area contributed by atoms with Gasteiger partial charge in [0.25, 0.3) is 0 Å². The lowest BCUT2D eigenvalue weighted by atomic mass is 9.98. The molecule has 0 unspecified atom stereocenters. The average molecular weight is 587 g/mol. The van der Waals surface area contributed by atoms with E-state index in [0.717, 1.165) is 22.3 Å². The van der Waals surface area contributed by atoms with E-state index < -0.39 is 11.9 Å². The Kier molecular flexibility index (Phi) is 12.6. The van der Waals surface area contributed by atoms with E-state index in [-0.39, 0.29) is 25.6 Å². The predicted octanol–water partition coefficient (Wildman–Crippen LogP) is 7.11. The molecule has 0 radical (unpaired) electrons. The van der Waals surface area contributed by atoms with E-state index in [9.17, 15) is 14.4 Å². The van der Waals surface area contributed by atoms with E-state index in [0.29, 0.717) is 54.5 Å². The monoisotopic (exact) mass is 586 g/mol. The molecular formula is C35H38O8. The van der Waals surface area contributed by atoms with Gasteiger partial charge in [0.1, 0.15) is 17.2 Å². The molecule has 0 N–H and O–H groups in total. The van der Waals surface area contributed by atoms with Gasteiger partial charge < -0.3 is 23.7 Å². The van der Waals surface area contributed by atoms with Gasteiger partial charge in [-0.3, -0.25) is 4.79 Å². The Bertz CT molecular complexity index is 1320. The molecule has 8 nitrogen and oxygen atoms in total. The Morgan fingerprint density at radius 2 is 1.00 bits per heavy atom. The minimum Gasteiger partial charge on any atom is -0.493 e. The SMILES string of the molecule is C=C(C)C(=O)OCCCOc1ccc(-c2cc(OC(=O)CC)cc(-c3ccc(OCCCOC(=O)C(=C)C)cc3)c2)cc1. The Hall–Kier alpha value is -4.85. The molecule has 0 bridgehead atoms. The second-order valence-corrected chi connectivity index (χ2v) is 9.86. The highest BCUT2D eigenvalue weighted by molar-refractivity contribution is 5.87. The van der Waals surface area contributed by atoms with Crippen molar-refractivity contribution in [3.63, 3.8) is 0 Å². The van der Waals surface area contributed by atoms with Gasteiger partial charge in [-0.2, -0.15) is 0 Å². The number of ether oxygens (including phenoxy) is 5. The zero-order chi connectivity index (χ0) is 31.2. The van der Waals surface area contributed by atoms with Crippen LogP contribution in [0.25, 0.3) is 22.3 Å². The number of benzene rings is 3. The fourth-order valence-corrected chi connectivity index (χ4v) is 3.76. The van der Waals surface area contributed by atoms with E-state index in [1.807, 2.05) is 66.7 Å². The Labute approximate surface area is 252 Å². The predicted molar refractivity (Wildman–Crippen MR) is 165 cm³/mol. The largest absolute Gasteiger partial charge is 0.493 e. The highest BCUT2D eigenvalue weighted by Crippen LogP contribution is 2.33. The van der Waals surface area contributed by atoms with Crippen LogP contribution in [0.1, 0.15) is 40.0 Å². The van der Waals surface area contributed by atoms with E-state index in [4.69, 9.17) is 23.7 Å². The molecule has 0 fully saturated rings. The van der Waals surface area contributed by atoms with Crippen LogP contribution in [0.4, 0.5) is 0 Å². The maximum atomic E-state index is 12.1. The molecule has 0 aliphatic carbocycles. The quantitative estimate of drug-likeness (QED) is 0.0758. The standard InChI is InChI=1S/C35H38O8/c1-6-33(36)43-32-22-28(26-9-13-30(14-10-26)39-17-7-19-41-34(37)24(2)3)21-29(23-32)27-11-15-31(16-12-27)40-18-8-20-42-35(38)25(4)5/h9-16,21-23H,2,4,6-8,17-20H2,1,3,5H3. The van der Waals surface area contributed by atoms with Crippen molar-refractivity contribution in [3.05, 3.63) is 91.0 Å². The summed E-state index contributed by atoms with van der Waals surface area (Å²) in [6.45, 7) is 13.4. The van der Waals surface area contributed by atoms with Gasteiger partial charge >= 0.3 is 17.9 Å². The molecule has 3 rings (SSSR count). The van der Waals surface area contributed by atoms with Crippen LogP contribution in [0, 0.1) is 0 Å². The summed E-state index contributed by atoms with van der Waals surface area (Å²) < 4.78 is 27.3. The third kappa shape index (κ3) is 10.8. The van der Waals surface area contributed by atoms with Gasteiger partial charge in [-0.05, 0) is 78.6 Å². The Morgan fingerprint density at radius 3 is 1.37 bits per heavy atom. The van der Waals surface area contributed by atoms with Gasteiger partial charge in [0.15, 0.2) is 0 Å². The maximum Gasteiger partial charge on any atom is 0.333 e. The highest BCUT2D eigenvalue weighted by atomic mass is 16.5. The second kappa shape index (κ2) is 16.6. The minimum absolute atomic E-state index is 0.260. The van der Waals surface area contributed by atoms with Crippen LogP contribution in [-0.4, -0.2) is 44.3 Å². The summed E-state index contributed by atoms with van der Waals surface area (Å²) in [4.78, 5) is 35.0. The number of hydrogen-bond acceptors (Lipinski definition) is 8. The van der Waals surface area contributed by atoms with Crippen molar-refractivity contribution >= 4 is 17.9 Å². The zero-order valence-electron chi connectivity index (χ0n) is 25.0. The summed E-state index contributed by atoms with van der Waals surface area (Å²) in [5.41, 5.74) is 4.33. The summed E-state index contributed by atoms with van der Waals surface area (Å²) >= 11 is 0. The normalized spacial score (nSPS) is 10.4. The van der Waals surface area contributed by atoms with Crippen LogP contribution in [-0.2, 0) is 23.9 Å². The zero-order valence-corrected chi connectivity index (χ0v) is 25.0. The van der Waals surface area contributed by atoms with E-state index in [1.54, 1.807) is 20.8 Å². The van der Waals surface area contributed by atoms with Gasteiger partial charge in [0, 0.05) is 30.4 Å². The van der Waals surface area contributed by atoms with Crippen molar-refractivity contribution in [2.75, 3.05) is 26.4 Å². The molecule has 43 heavy (non-hydrogen) atoms. The smallest absolute Gasteiger partial charge is 0.333 e. The fourth-order valence-electron chi connectivity index (χ4n) is 3.76. The summed E-state index contributed by atoms with van der Waals surface area (Å²) in [5, 5.41) is 0. The van der Waals surface area contributed by atoms with Crippen LogP contribution in [0.3, 0.4) is 0 Å². The molecule has 0 aliphatic heterocycles. The number of rotatable bonds is 16. The average Bonchev–Trinajstić information content (AvgIpc) is 3.00. The minimum atomic E-state index is -0.407. The molecule has 0 amide bonds. The number of carbonyl (C=O) groups excluding carboxylic acids is 3. The van der Waals surface area contributed by atoms with Crippen molar-refractivity contribution in [1.29, 1.82) is 0 Å². The third-order valence-corrected chi connectivity index (χ3v) is 6.08. The van der Waals surface area contributed by atoms with Gasteiger partial charge in [-0.1, -0.05) is 44.3 Å². The van der Waals surface area contributed by atoms with Crippen LogP contribution in [0.5, 0.6) is 17.2 Å². The fraction of sp³-hybridized carbons (Fsp3) is 0.286. The lowest BCUT2D eigenvalue weighted by Gasteiger charge is -2.12. The van der Waals surface area contributed by atoms with Crippen LogP contribution in [0.15, 0.2) is 91.0 Å². The summed E-state index contributed by atoms with van der Waals surface area (Å²) in [6, 6.07) is 20.9. The molecule has 3 aromatic carbocycles. The van der Waals surface area contributed by atoms with E-state index in [1.165, 1.54) is 0 Å². The maximum absolute atomic E-state index is 12.1. The first-order chi connectivity index (χ1) is 20.7. The van der Waals surface area contributed by atoms with Crippen molar-refractivity contribution in [2.24, 2.45) is 0 Å². The first-order valence-corrected chi connectivity index (χ1v) is 14.1. The van der Waals surface area contributed by atoms with Gasteiger partial charge in [0.05, 0.1) is 26.4 Å². The molecule has 0 heterocycles. The van der Waals surface area contributed by atoms with Crippen molar-refractivity contribution < 1.29 is 38.1 Å². The van der Waals surface area contributed by atoms with E-state index >= 15 is 0 Å². The number of hydrogen-bond donors (Lipinski definition) is 0. The molecule has 0 atom stereocenters. The summed E-state index contributed by atoms with van der Waals surface area (Å²) in [6.07, 6.45) is 1.38. The lowest BCUT2D eigenvalue weighted by molar-refractivity contribution is -0.140. The van der Waals surface area contributed by atoms with Gasteiger partial charge in [-0.15, -0.1) is 0 Å². The highest BCUT2D eigenvalue weighted by Gasteiger charge is 2.10. The molecule has 0 aromatic heterocycles. The molecule has 8 heteroatoms. The Morgan fingerprint density at radius 1 is 0.581 bits per heavy atom. The van der Waals surface area contributed by atoms with Crippen LogP contribution in [0.2, 0.25) is 0 Å². The van der Waals surface area contributed by atoms with Gasteiger partial charge in [0.2, 0.25) is 0 Å². The molecule has 0 aliphatic rings. The van der Waals surface area contributed by atoms with Crippen molar-refractivity contribution in [2.45, 2.75) is 40.0 Å². The van der Waals surface area contributed by atoms with Gasteiger partial charge in [-0.25, -0.2) is 9.59 Å². The van der Waals surface area contributed by atoms with Crippen LogP contribution < -0.4 is 14.2 Å². The lowest BCUT2D eigenvalue weighted by Crippen LogP contribution is -2.09. The molecule has 0 saturated heterocycles. The molecule has 0 spiro atoms. The molecular weight excluding hydrogens is 548 g/mol. The van der Waals surface area contributed by atoms with Crippen molar-refractivity contribution in [3.8, 4) is 39.5 Å². The first kappa shape index (κ1) is 32.7. The third-order valence-electron chi connectivity index (χ3n) is 6.08. The number of esters is 3. The summed E-state index contributed by atoms with van der Waals surface area (Å²) in [5.74, 6) is 0.694. The topological polar surface area (TPSA) is 97.4 Å². The van der Waals surface area contributed by atoms with E-state index in [2.05, 4.69) is 13.2 Å². The van der Waals surface area contributed by atoms with Crippen molar-refractivity contribution in [1.82, 2.24) is 0 Å². The molecule has 0 saturated carbocycles. The van der Waals surface area contributed by atoms with Crippen LogP contribution >= 0.6 is 0 Å².